The van der Waals surface area contributed by atoms with Gasteiger partial charge in [-0.05, 0) is 43.0 Å². The SMILES string of the molecule is O=C(CCc1ccc[nH]1)N1CCC2(CC1)CC(=O)N(Cc1cccnc1)C2. The number of carbonyl (C=O) groups is 2. The minimum Gasteiger partial charge on any atom is -0.365 e. The number of aromatic nitrogens is 2. The fourth-order valence-electron chi connectivity index (χ4n) is 4.33. The molecule has 1 spiro atoms. The van der Waals surface area contributed by atoms with Crippen LogP contribution >= 0.6 is 0 Å². The number of rotatable bonds is 5. The highest BCUT2D eigenvalue weighted by atomic mass is 16.2. The van der Waals surface area contributed by atoms with E-state index < -0.39 is 0 Å². The van der Waals surface area contributed by atoms with Crippen LogP contribution in [0.15, 0.2) is 42.9 Å². The van der Waals surface area contributed by atoms with Gasteiger partial charge in [0.2, 0.25) is 11.8 Å². The first-order valence-corrected chi connectivity index (χ1v) is 9.70. The number of H-pyrrole nitrogens is 1. The van der Waals surface area contributed by atoms with Crippen molar-refractivity contribution in [1.29, 1.82) is 0 Å². The third kappa shape index (κ3) is 4.04. The van der Waals surface area contributed by atoms with Gasteiger partial charge in [0.15, 0.2) is 0 Å². The Morgan fingerprint density at radius 2 is 2.07 bits per heavy atom. The highest BCUT2D eigenvalue weighted by Crippen LogP contribution is 2.41. The summed E-state index contributed by atoms with van der Waals surface area (Å²) in [6.07, 6.45) is 9.19. The van der Waals surface area contributed by atoms with Crippen LogP contribution < -0.4 is 0 Å². The van der Waals surface area contributed by atoms with Gasteiger partial charge in [0.25, 0.3) is 0 Å². The van der Waals surface area contributed by atoms with Gasteiger partial charge in [-0.1, -0.05) is 6.07 Å². The standard InChI is InChI=1S/C21H26N4O2/c26-19(6-5-18-4-2-10-23-18)24-11-7-21(8-12-24)13-20(27)25(16-21)15-17-3-1-9-22-14-17/h1-4,9-10,14,23H,5-8,11-13,15-16H2. The first kappa shape index (κ1) is 17.8. The number of amides is 2. The molecule has 2 fully saturated rings. The van der Waals surface area contributed by atoms with Gasteiger partial charge in [-0.15, -0.1) is 0 Å². The van der Waals surface area contributed by atoms with Gasteiger partial charge < -0.3 is 14.8 Å². The van der Waals surface area contributed by atoms with Crippen molar-refractivity contribution in [3.63, 3.8) is 0 Å². The maximum absolute atomic E-state index is 12.5. The highest BCUT2D eigenvalue weighted by molar-refractivity contribution is 5.80. The van der Waals surface area contributed by atoms with Gasteiger partial charge >= 0.3 is 0 Å². The lowest BCUT2D eigenvalue weighted by atomic mass is 9.77. The van der Waals surface area contributed by atoms with E-state index in [1.165, 1.54) is 0 Å². The van der Waals surface area contributed by atoms with Gasteiger partial charge in [-0.2, -0.15) is 0 Å². The molecule has 4 heterocycles. The molecule has 0 unspecified atom stereocenters. The topological polar surface area (TPSA) is 69.3 Å². The summed E-state index contributed by atoms with van der Waals surface area (Å²) in [5, 5.41) is 0. The van der Waals surface area contributed by atoms with Crippen molar-refractivity contribution in [2.75, 3.05) is 19.6 Å². The normalized spacial score (nSPS) is 19.0. The number of carbonyl (C=O) groups excluding carboxylic acids is 2. The van der Waals surface area contributed by atoms with Gasteiger partial charge in [0.05, 0.1) is 0 Å². The van der Waals surface area contributed by atoms with E-state index in [1.54, 1.807) is 6.20 Å². The maximum atomic E-state index is 12.5. The molecule has 2 aliphatic rings. The number of piperidine rings is 1. The molecule has 2 aromatic rings. The lowest BCUT2D eigenvalue weighted by Gasteiger charge is -2.39. The van der Waals surface area contributed by atoms with Crippen molar-refractivity contribution in [1.82, 2.24) is 19.8 Å². The van der Waals surface area contributed by atoms with Crippen molar-refractivity contribution < 1.29 is 9.59 Å². The van der Waals surface area contributed by atoms with Crippen molar-refractivity contribution in [3.8, 4) is 0 Å². The smallest absolute Gasteiger partial charge is 0.223 e. The summed E-state index contributed by atoms with van der Waals surface area (Å²) in [5.41, 5.74) is 2.21. The molecule has 0 aromatic carbocycles. The summed E-state index contributed by atoms with van der Waals surface area (Å²) in [6, 6.07) is 7.89. The fraction of sp³-hybridized carbons (Fsp3) is 0.476. The number of nitrogens with one attached hydrogen (secondary N) is 1. The minimum atomic E-state index is 0.0372. The zero-order chi connectivity index (χ0) is 18.7. The molecule has 0 atom stereocenters. The largest absolute Gasteiger partial charge is 0.365 e. The molecule has 2 amide bonds. The minimum absolute atomic E-state index is 0.0372. The van der Waals surface area contributed by atoms with Gasteiger partial charge in [-0.25, -0.2) is 0 Å². The number of hydrogen-bond acceptors (Lipinski definition) is 3. The van der Waals surface area contributed by atoms with Crippen LogP contribution in [0.3, 0.4) is 0 Å². The van der Waals surface area contributed by atoms with Crippen LogP contribution in [0.2, 0.25) is 0 Å². The average Bonchev–Trinajstić information content (AvgIpc) is 3.30. The molecule has 0 aliphatic carbocycles. The van der Waals surface area contributed by atoms with Crippen LogP contribution in [-0.2, 0) is 22.6 Å². The Labute approximate surface area is 159 Å². The molecule has 0 saturated carbocycles. The van der Waals surface area contributed by atoms with E-state index in [2.05, 4.69) is 9.97 Å². The number of aryl methyl sites for hydroxylation is 1. The number of hydrogen-bond donors (Lipinski definition) is 1. The first-order chi connectivity index (χ1) is 13.1. The molecule has 0 bridgehead atoms. The fourth-order valence-corrected chi connectivity index (χ4v) is 4.33. The molecule has 1 N–H and O–H groups in total. The molecule has 2 saturated heterocycles. The van der Waals surface area contributed by atoms with Crippen LogP contribution in [-0.4, -0.2) is 51.2 Å². The Bertz CT molecular complexity index is 780. The summed E-state index contributed by atoms with van der Waals surface area (Å²) in [7, 11) is 0. The van der Waals surface area contributed by atoms with Crippen LogP contribution in [0.4, 0.5) is 0 Å². The molecule has 4 rings (SSSR count). The summed E-state index contributed by atoms with van der Waals surface area (Å²) in [5.74, 6) is 0.446. The molecule has 2 aliphatic heterocycles. The third-order valence-corrected chi connectivity index (χ3v) is 5.95. The Hall–Kier alpha value is -2.63. The van der Waals surface area contributed by atoms with E-state index in [9.17, 15) is 9.59 Å². The van der Waals surface area contributed by atoms with Crippen molar-refractivity contribution in [2.24, 2.45) is 5.41 Å². The predicted octanol–water partition coefficient (Wildman–Crippen LogP) is 2.38. The molecular formula is C21H26N4O2. The van der Waals surface area contributed by atoms with Crippen LogP contribution in [0.5, 0.6) is 0 Å². The van der Waals surface area contributed by atoms with Gasteiger partial charge in [-0.3, -0.25) is 14.6 Å². The van der Waals surface area contributed by atoms with E-state index in [0.29, 0.717) is 19.4 Å². The number of nitrogens with zero attached hydrogens (tertiary/aromatic N) is 3. The van der Waals surface area contributed by atoms with Crippen LogP contribution in [0.25, 0.3) is 0 Å². The Kier molecular flexibility index (Phi) is 4.97. The molecule has 6 nitrogen and oxygen atoms in total. The Morgan fingerprint density at radius 1 is 1.22 bits per heavy atom. The Morgan fingerprint density at radius 3 is 2.78 bits per heavy atom. The third-order valence-electron chi connectivity index (χ3n) is 5.95. The van der Waals surface area contributed by atoms with Crippen molar-refractivity contribution in [3.05, 3.63) is 54.1 Å². The molecule has 142 valence electrons. The van der Waals surface area contributed by atoms with Crippen molar-refractivity contribution >= 4 is 11.8 Å². The summed E-state index contributed by atoms with van der Waals surface area (Å²) in [4.78, 5) is 36.2. The van der Waals surface area contributed by atoms with E-state index >= 15 is 0 Å². The van der Waals surface area contributed by atoms with Gasteiger partial charge in [0, 0.05) is 68.7 Å². The number of likely N-dealkylation sites (tertiary alicyclic amines) is 2. The average molecular weight is 366 g/mol. The van der Waals surface area contributed by atoms with E-state index in [0.717, 1.165) is 50.2 Å². The second-order valence-corrected chi connectivity index (χ2v) is 7.86. The molecular weight excluding hydrogens is 340 g/mol. The number of aromatic amines is 1. The number of pyridine rings is 1. The van der Waals surface area contributed by atoms with E-state index in [4.69, 9.17) is 0 Å². The molecule has 27 heavy (non-hydrogen) atoms. The summed E-state index contributed by atoms with van der Waals surface area (Å²) < 4.78 is 0. The van der Waals surface area contributed by atoms with E-state index in [1.807, 2.05) is 46.5 Å². The van der Waals surface area contributed by atoms with Crippen LogP contribution in [0.1, 0.15) is 36.9 Å². The van der Waals surface area contributed by atoms with Crippen LogP contribution in [0, 0.1) is 5.41 Å². The second kappa shape index (κ2) is 7.55. The van der Waals surface area contributed by atoms with E-state index in [-0.39, 0.29) is 17.2 Å². The zero-order valence-electron chi connectivity index (χ0n) is 15.6. The van der Waals surface area contributed by atoms with Gasteiger partial charge in [0.1, 0.15) is 0 Å². The quantitative estimate of drug-likeness (QED) is 0.883. The Balaban J connectivity index is 1.29. The summed E-state index contributed by atoms with van der Waals surface area (Å²) in [6.45, 7) is 2.95. The molecule has 6 heteroatoms. The monoisotopic (exact) mass is 366 g/mol. The summed E-state index contributed by atoms with van der Waals surface area (Å²) >= 11 is 0. The second-order valence-electron chi connectivity index (χ2n) is 7.86. The lowest BCUT2D eigenvalue weighted by Crippen LogP contribution is -2.44. The highest BCUT2D eigenvalue weighted by Gasteiger charge is 2.45. The molecule has 2 aromatic heterocycles. The lowest BCUT2D eigenvalue weighted by molar-refractivity contribution is -0.133. The maximum Gasteiger partial charge on any atom is 0.223 e. The zero-order valence-corrected chi connectivity index (χ0v) is 15.6. The molecule has 0 radical (unpaired) electrons. The van der Waals surface area contributed by atoms with Crippen molar-refractivity contribution in [2.45, 2.75) is 38.6 Å². The first-order valence-electron chi connectivity index (χ1n) is 9.70. The predicted molar refractivity (Wildman–Crippen MR) is 102 cm³/mol.